The highest BCUT2D eigenvalue weighted by Crippen LogP contribution is 2.33. The van der Waals surface area contributed by atoms with Crippen molar-refractivity contribution in [2.45, 2.75) is 19.8 Å². The minimum atomic E-state index is -0.535. The summed E-state index contributed by atoms with van der Waals surface area (Å²) in [6.45, 7) is 4.25. The van der Waals surface area contributed by atoms with Crippen LogP contribution in [0.15, 0.2) is 45.6 Å². The van der Waals surface area contributed by atoms with Crippen LogP contribution in [0, 0.1) is 0 Å². The van der Waals surface area contributed by atoms with Crippen molar-refractivity contribution in [2.24, 2.45) is 0 Å². The van der Waals surface area contributed by atoms with E-state index in [1.807, 2.05) is 18.2 Å². The van der Waals surface area contributed by atoms with Gasteiger partial charge in [-0.15, -0.1) is 0 Å². The summed E-state index contributed by atoms with van der Waals surface area (Å²) in [5, 5.41) is 12.3. The number of hydrogen-bond acceptors (Lipinski definition) is 3. The molecule has 96 valence electrons. The Morgan fingerprint density at radius 3 is 2.53 bits per heavy atom. The highest BCUT2D eigenvalue weighted by molar-refractivity contribution is 6.06. The topological polar surface area (TPSA) is 50.4 Å². The van der Waals surface area contributed by atoms with Gasteiger partial charge in [0, 0.05) is 5.39 Å². The molecule has 1 heterocycles. The molecule has 0 saturated heterocycles. The van der Waals surface area contributed by atoms with Crippen LogP contribution in [0.4, 0.5) is 0 Å². The van der Waals surface area contributed by atoms with Gasteiger partial charge in [0.2, 0.25) is 0 Å². The fourth-order valence-corrected chi connectivity index (χ4v) is 2.49. The zero-order valence-corrected chi connectivity index (χ0v) is 10.8. The second kappa shape index (κ2) is 4.12. The van der Waals surface area contributed by atoms with Gasteiger partial charge >= 0.3 is 5.63 Å². The number of aromatic hydroxyl groups is 1. The predicted octanol–water partition coefficient (Wildman–Crippen LogP) is 3.78. The van der Waals surface area contributed by atoms with Crippen molar-refractivity contribution in [3.63, 3.8) is 0 Å². The van der Waals surface area contributed by atoms with Gasteiger partial charge in [0.15, 0.2) is 0 Å². The van der Waals surface area contributed by atoms with E-state index in [4.69, 9.17) is 4.42 Å². The molecule has 0 amide bonds. The lowest BCUT2D eigenvalue weighted by Gasteiger charge is -2.11. The van der Waals surface area contributed by atoms with Gasteiger partial charge in [-0.3, -0.25) is 0 Å². The summed E-state index contributed by atoms with van der Waals surface area (Å²) in [6, 6.07) is 10.8. The Hall–Kier alpha value is -2.29. The SMILES string of the molecule is CC(C)c1cccc2c1ccc1c(O)cc(=O)oc12. The lowest BCUT2D eigenvalue weighted by Crippen LogP contribution is -1.96. The van der Waals surface area contributed by atoms with Gasteiger partial charge in [0.25, 0.3) is 0 Å². The maximum absolute atomic E-state index is 11.4. The minimum absolute atomic E-state index is 0.0388. The monoisotopic (exact) mass is 254 g/mol. The second-order valence-corrected chi connectivity index (χ2v) is 4.99. The van der Waals surface area contributed by atoms with Crippen molar-refractivity contribution in [2.75, 3.05) is 0 Å². The quantitative estimate of drug-likeness (QED) is 0.531. The standard InChI is InChI=1S/C16H14O3/c1-9(2)10-4-3-5-12-11(10)6-7-13-14(17)8-15(18)19-16(12)13/h3-9,17H,1-2H3. The van der Waals surface area contributed by atoms with Gasteiger partial charge in [0.1, 0.15) is 11.3 Å². The van der Waals surface area contributed by atoms with E-state index in [1.165, 1.54) is 5.56 Å². The molecule has 19 heavy (non-hydrogen) atoms. The molecule has 0 aliphatic heterocycles. The molecule has 0 atom stereocenters. The Bertz CT molecular complexity index is 828. The molecule has 0 unspecified atom stereocenters. The molecular formula is C16H14O3. The van der Waals surface area contributed by atoms with Crippen molar-refractivity contribution in [3.05, 3.63) is 52.4 Å². The van der Waals surface area contributed by atoms with Crippen molar-refractivity contribution in [1.29, 1.82) is 0 Å². The molecular weight excluding hydrogens is 240 g/mol. The average Bonchev–Trinajstić information content (AvgIpc) is 2.37. The fourth-order valence-electron chi connectivity index (χ4n) is 2.49. The van der Waals surface area contributed by atoms with Crippen molar-refractivity contribution >= 4 is 21.7 Å². The molecule has 3 aromatic rings. The number of benzene rings is 2. The molecule has 1 aromatic heterocycles. The molecule has 0 aliphatic carbocycles. The Morgan fingerprint density at radius 2 is 1.79 bits per heavy atom. The summed E-state index contributed by atoms with van der Waals surface area (Å²) in [5.74, 6) is 0.341. The van der Waals surface area contributed by atoms with Crippen molar-refractivity contribution < 1.29 is 9.52 Å². The predicted molar refractivity (Wildman–Crippen MR) is 75.7 cm³/mol. The Kier molecular flexibility index (Phi) is 2.56. The Balaban J connectivity index is 2.54. The third-order valence-electron chi connectivity index (χ3n) is 3.40. The maximum Gasteiger partial charge on any atom is 0.339 e. The summed E-state index contributed by atoms with van der Waals surface area (Å²) in [6.07, 6.45) is 0. The van der Waals surface area contributed by atoms with E-state index in [2.05, 4.69) is 19.9 Å². The molecule has 2 aromatic carbocycles. The van der Waals surface area contributed by atoms with E-state index in [1.54, 1.807) is 6.07 Å². The average molecular weight is 254 g/mol. The van der Waals surface area contributed by atoms with Crippen LogP contribution in [-0.4, -0.2) is 5.11 Å². The minimum Gasteiger partial charge on any atom is -0.507 e. The first kappa shape index (κ1) is 11.8. The first-order chi connectivity index (χ1) is 9.08. The first-order valence-electron chi connectivity index (χ1n) is 6.26. The highest BCUT2D eigenvalue weighted by atomic mass is 16.4. The Morgan fingerprint density at radius 1 is 1.05 bits per heavy atom. The van der Waals surface area contributed by atoms with Gasteiger partial charge in [-0.2, -0.15) is 0 Å². The lowest BCUT2D eigenvalue weighted by atomic mass is 9.95. The summed E-state index contributed by atoms with van der Waals surface area (Å²) >= 11 is 0. The Labute approximate surface area is 110 Å². The molecule has 0 fully saturated rings. The fraction of sp³-hybridized carbons (Fsp3) is 0.188. The van der Waals surface area contributed by atoms with E-state index in [0.717, 1.165) is 16.8 Å². The third kappa shape index (κ3) is 1.78. The smallest absolute Gasteiger partial charge is 0.339 e. The van der Waals surface area contributed by atoms with Crippen LogP contribution in [0.3, 0.4) is 0 Å². The van der Waals surface area contributed by atoms with E-state index in [0.29, 0.717) is 16.9 Å². The van der Waals surface area contributed by atoms with Gasteiger partial charge in [0.05, 0.1) is 11.5 Å². The van der Waals surface area contributed by atoms with Crippen LogP contribution >= 0.6 is 0 Å². The number of hydrogen-bond donors (Lipinski definition) is 1. The van der Waals surface area contributed by atoms with Crippen molar-refractivity contribution in [1.82, 2.24) is 0 Å². The lowest BCUT2D eigenvalue weighted by molar-refractivity contribution is 0.468. The van der Waals surface area contributed by atoms with Crippen LogP contribution in [-0.2, 0) is 0 Å². The van der Waals surface area contributed by atoms with E-state index >= 15 is 0 Å². The summed E-state index contributed by atoms with van der Waals surface area (Å²) < 4.78 is 5.27. The first-order valence-corrected chi connectivity index (χ1v) is 6.26. The largest absolute Gasteiger partial charge is 0.507 e. The molecule has 3 heteroatoms. The number of fused-ring (bicyclic) bond motifs is 3. The summed E-state index contributed by atoms with van der Waals surface area (Å²) in [5.41, 5.74) is 1.11. The zero-order valence-electron chi connectivity index (χ0n) is 10.8. The molecule has 0 bridgehead atoms. The molecule has 0 saturated carbocycles. The number of rotatable bonds is 1. The maximum atomic E-state index is 11.4. The van der Waals surface area contributed by atoms with Crippen LogP contribution in [0.2, 0.25) is 0 Å². The molecule has 0 aliphatic rings. The molecule has 1 N–H and O–H groups in total. The van der Waals surface area contributed by atoms with Crippen LogP contribution in [0.1, 0.15) is 25.3 Å². The normalized spacial score (nSPS) is 11.5. The van der Waals surface area contributed by atoms with Gasteiger partial charge in [-0.25, -0.2) is 4.79 Å². The van der Waals surface area contributed by atoms with Gasteiger partial charge in [-0.05, 0) is 22.9 Å². The molecule has 0 spiro atoms. The molecule has 3 rings (SSSR count). The zero-order chi connectivity index (χ0) is 13.6. The second-order valence-electron chi connectivity index (χ2n) is 4.99. The summed E-state index contributed by atoms with van der Waals surface area (Å²) in [7, 11) is 0. The highest BCUT2D eigenvalue weighted by Gasteiger charge is 2.11. The van der Waals surface area contributed by atoms with Gasteiger partial charge < -0.3 is 9.52 Å². The van der Waals surface area contributed by atoms with E-state index in [9.17, 15) is 9.90 Å². The molecule has 3 nitrogen and oxygen atoms in total. The van der Waals surface area contributed by atoms with Crippen LogP contribution in [0.5, 0.6) is 5.75 Å². The molecule has 0 radical (unpaired) electrons. The van der Waals surface area contributed by atoms with Crippen molar-refractivity contribution in [3.8, 4) is 5.75 Å². The van der Waals surface area contributed by atoms with E-state index in [-0.39, 0.29) is 5.75 Å². The van der Waals surface area contributed by atoms with Gasteiger partial charge in [-0.1, -0.05) is 38.1 Å². The van der Waals surface area contributed by atoms with E-state index < -0.39 is 5.63 Å². The van der Waals surface area contributed by atoms with Crippen LogP contribution in [0.25, 0.3) is 21.7 Å². The van der Waals surface area contributed by atoms with Crippen LogP contribution < -0.4 is 5.63 Å². The third-order valence-corrected chi connectivity index (χ3v) is 3.40. The summed E-state index contributed by atoms with van der Waals surface area (Å²) in [4.78, 5) is 11.4.